The predicted molar refractivity (Wildman–Crippen MR) is 79.8 cm³/mol. The molecule has 0 heterocycles. The Morgan fingerprint density at radius 2 is 1.84 bits per heavy atom. The van der Waals surface area contributed by atoms with E-state index in [1.807, 2.05) is 0 Å². The van der Waals surface area contributed by atoms with Gasteiger partial charge < -0.3 is 4.74 Å². The van der Waals surface area contributed by atoms with E-state index in [0.717, 1.165) is 12.8 Å². The van der Waals surface area contributed by atoms with Crippen molar-refractivity contribution in [2.24, 2.45) is 22.7 Å². The van der Waals surface area contributed by atoms with E-state index in [4.69, 9.17) is 4.74 Å². The molecule has 0 bridgehead atoms. The minimum absolute atomic E-state index is 0.0350. The van der Waals surface area contributed by atoms with E-state index >= 15 is 0 Å². The normalized spacial score (nSPS) is 30.8. The number of carbonyl (C=O) groups excluding carboxylic acids is 1. The van der Waals surface area contributed by atoms with Crippen LogP contribution in [-0.2, 0) is 9.53 Å². The van der Waals surface area contributed by atoms with Crippen molar-refractivity contribution >= 4 is 5.97 Å². The fourth-order valence-electron chi connectivity index (χ4n) is 4.49. The van der Waals surface area contributed by atoms with Crippen molar-refractivity contribution in [1.29, 1.82) is 0 Å². The molecule has 0 aromatic rings. The fourth-order valence-corrected chi connectivity index (χ4v) is 4.49. The zero-order valence-corrected chi connectivity index (χ0v) is 13.7. The van der Waals surface area contributed by atoms with Gasteiger partial charge in [0.15, 0.2) is 0 Å². The van der Waals surface area contributed by atoms with Gasteiger partial charge in [0.1, 0.15) is 6.10 Å². The molecule has 1 rings (SSSR count). The molecule has 0 aliphatic heterocycles. The van der Waals surface area contributed by atoms with Crippen LogP contribution in [-0.4, -0.2) is 12.1 Å². The van der Waals surface area contributed by atoms with Gasteiger partial charge in [0.05, 0.1) is 0 Å². The molecule has 0 aromatic heterocycles. The highest BCUT2D eigenvalue weighted by Gasteiger charge is 2.47. The topological polar surface area (TPSA) is 26.3 Å². The van der Waals surface area contributed by atoms with Crippen LogP contribution in [0.2, 0.25) is 0 Å². The third-order valence-corrected chi connectivity index (χ3v) is 4.35. The third-order valence-electron chi connectivity index (χ3n) is 4.35. The van der Waals surface area contributed by atoms with Crippen LogP contribution in [0.4, 0.5) is 0 Å². The minimum Gasteiger partial charge on any atom is -0.459 e. The van der Waals surface area contributed by atoms with Crippen molar-refractivity contribution < 1.29 is 9.53 Å². The lowest BCUT2D eigenvalue weighted by Gasteiger charge is -2.51. The number of hydrogen-bond donors (Lipinski definition) is 0. The molecule has 110 valence electrons. The first-order chi connectivity index (χ1) is 8.45. The van der Waals surface area contributed by atoms with Crippen LogP contribution in [0.3, 0.4) is 0 Å². The van der Waals surface area contributed by atoms with Crippen LogP contribution in [0.15, 0.2) is 12.2 Å². The van der Waals surface area contributed by atoms with E-state index in [-0.39, 0.29) is 22.9 Å². The molecular formula is C17H30O2. The van der Waals surface area contributed by atoms with Crippen LogP contribution < -0.4 is 0 Å². The van der Waals surface area contributed by atoms with E-state index < -0.39 is 0 Å². The monoisotopic (exact) mass is 266 g/mol. The molecule has 0 aromatic carbocycles. The summed E-state index contributed by atoms with van der Waals surface area (Å²) < 4.78 is 5.58. The Bertz CT molecular complexity index is 360. The molecule has 2 nitrogen and oxygen atoms in total. The van der Waals surface area contributed by atoms with Crippen molar-refractivity contribution in [3.05, 3.63) is 12.2 Å². The summed E-state index contributed by atoms with van der Waals surface area (Å²) in [5.74, 6) is 0.952. The molecule has 2 heteroatoms. The highest BCUT2D eigenvalue weighted by Crippen LogP contribution is 2.52. The Morgan fingerprint density at radius 1 is 1.32 bits per heavy atom. The number of rotatable bonds is 2. The lowest BCUT2D eigenvalue weighted by Crippen LogP contribution is -2.47. The molecule has 3 atom stereocenters. The van der Waals surface area contributed by atoms with Gasteiger partial charge in [0, 0.05) is 5.57 Å². The van der Waals surface area contributed by atoms with E-state index in [1.165, 1.54) is 0 Å². The summed E-state index contributed by atoms with van der Waals surface area (Å²) in [7, 11) is 0. The maximum Gasteiger partial charge on any atom is 0.333 e. The maximum absolute atomic E-state index is 11.7. The van der Waals surface area contributed by atoms with Gasteiger partial charge in [-0.15, -0.1) is 0 Å². The van der Waals surface area contributed by atoms with Crippen LogP contribution in [0.1, 0.15) is 61.3 Å². The van der Waals surface area contributed by atoms with Crippen molar-refractivity contribution in [2.45, 2.75) is 67.4 Å². The van der Waals surface area contributed by atoms with Gasteiger partial charge in [0.2, 0.25) is 0 Å². The summed E-state index contributed by atoms with van der Waals surface area (Å²) in [6, 6.07) is 0. The summed E-state index contributed by atoms with van der Waals surface area (Å²) in [6.07, 6.45) is 1.94. The first-order valence-corrected chi connectivity index (χ1v) is 7.31. The quantitative estimate of drug-likeness (QED) is 0.539. The van der Waals surface area contributed by atoms with Gasteiger partial charge in [0.25, 0.3) is 0 Å². The maximum atomic E-state index is 11.7. The van der Waals surface area contributed by atoms with Crippen LogP contribution in [0, 0.1) is 22.7 Å². The Morgan fingerprint density at radius 3 is 2.21 bits per heavy atom. The second-order valence-electron chi connectivity index (χ2n) is 8.06. The van der Waals surface area contributed by atoms with E-state index in [0.29, 0.717) is 17.4 Å². The fraction of sp³-hybridized carbons (Fsp3) is 0.824. The molecule has 3 unspecified atom stereocenters. The first-order valence-electron chi connectivity index (χ1n) is 7.31. The number of esters is 1. The average Bonchev–Trinajstić information content (AvgIpc) is 2.11. The van der Waals surface area contributed by atoms with Gasteiger partial charge in [-0.05, 0) is 42.4 Å². The van der Waals surface area contributed by atoms with Crippen molar-refractivity contribution in [3.63, 3.8) is 0 Å². The summed E-state index contributed by atoms with van der Waals surface area (Å²) in [5.41, 5.74) is 0.964. The molecule has 0 N–H and O–H groups in total. The van der Waals surface area contributed by atoms with E-state index in [2.05, 4.69) is 48.1 Å². The summed E-state index contributed by atoms with van der Waals surface area (Å²) >= 11 is 0. The first kappa shape index (κ1) is 16.3. The molecule has 0 spiro atoms. The summed E-state index contributed by atoms with van der Waals surface area (Å²) in [4.78, 5) is 11.7. The van der Waals surface area contributed by atoms with Crippen LogP contribution in [0.5, 0.6) is 0 Å². The Hall–Kier alpha value is -0.790. The van der Waals surface area contributed by atoms with E-state index in [9.17, 15) is 4.79 Å². The smallest absolute Gasteiger partial charge is 0.333 e. The van der Waals surface area contributed by atoms with Crippen molar-refractivity contribution in [1.82, 2.24) is 0 Å². The zero-order valence-electron chi connectivity index (χ0n) is 13.7. The van der Waals surface area contributed by atoms with Crippen molar-refractivity contribution in [3.8, 4) is 0 Å². The molecule has 0 amide bonds. The molecule has 1 fully saturated rings. The number of hydrogen-bond acceptors (Lipinski definition) is 2. The SMILES string of the molecule is C=C(C)C(=O)OC1CC(C)C(C(C)(C)C)C(C)(C)C1. The minimum atomic E-state index is -0.248. The van der Waals surface area contributed by atoms with Gasteiger partial charge in [-0.2, -0.15) is 0 Å². The van der Waals surface area contributed by atoms with E-state index in [1.54, 1.807) is 6.92 Å². The predicted octanol–water partition coefficient (Wildman–Crippen LogP) is 4.59. The van der Waals surface area contributed by atoms with Crippen LogP contribution >= 0.6 is 0 Å². The number of carbonyl (C=O) groups is 1. The average molecular weight is 266 g/mol. The van der Waals surface area contributed by atoms with Crippen molar-refractivity contribution in [2.75, 3.05) is 0 Å². The van der Waals surface area contributed by atoms with Crippen LogP contribution in [0.25, 0.3) is 0 Å². The number of ether oxygens (including phenoxy) is 1. The Kier molecular flexibility index (Phi) is 4.54. The summed E-state index contributed by atoms with van der Waals surface area (Å²) in [6.45, 7) is 19.2. The van der Waals surface area contributed by atoms with Gasteiger partial charge in [-0.3, -0.25) is 0 Å². The van der Waals surface area contributed by atoms with Gasteiger partial charge in [-0.25, -0.2) is 4.79 Å². The summed E-state index contributed by atoms with van der Waals surface area (Å²) in [5, 5.41) is 0. The molecule has 1 aliphatic carbocycles. The van der Waals surface area contributed by atoms with Gasteiger partial charge in [-0.1, -0.05) is 48.1 Å². The second-order valence-corrected chi connectivity index (χ2v) is 8.06. The highest BCUT2D eigenvalue weighted by molar-refractivity contribution is 5.87. The second kappa shape index (κ2) is 5.30. The molecular weight excluding hydrogens is 236 g/mol. The molecule has 0 saturated heterocycles. The third kappa shape index (κ3) is 3.84. The lowest BCUT2D eigenvalue weighted by molar-refractivity contribution is -0.153. The Balaban J connectivity index is 2.83. The molecule has 0 radical (unpaired) electrons. The Labute approximate surface area is 118 Å². The molecule has 1 aliphatic rings. The standard InChI is InChI=1S/C17H30O2/c1-11(2)15(18)19-13-9-12(3)14(16(4,5)6)17(7,8)10-13/h12-14H,1,9-10H2,2-8H3. The highest BCUT2D eigenvalue weighted by atomic mass is 16.5. The zero-order chi connectivity index (χ0) is 15.0. The molecule has 19 heavy (non-hydrogen) atoms. The molecule has 1 saturated carbocycles. The lowest BCUT2D eigenvalue weighted by atomic mass is 9.55. The largest absolute Gasteiger partial charge is 0.459 e. The van der Waals surface area contributed by atoms with Gasteiger partial charge >= 0.3 is 5.97 Å².